The molecule has 5 heteroatoms. The molecule has 1 aromatic rings. The van der Waals surface area contributed by atoms with Crippen LogP contribution in [0.2, 0.25) is 0 Å². The summed E-state index contributed by atoms with van der Waals surface area (Å²) in [6.45, 7) is 7.86. The monoisotopic (exact) mass is 251 g/mol. The Morgan fingerprint density at radius 1 is 1.67 bits per heavy atom. The molecule has 1 aliphatic heterocycles. The van der Waals surface area contributed by atoms with Gasteiger partial charge in [-0.1, -0.05) is 13.8 Å². The molecule has 18 heavy (non-hydrogen) atoms. The lowest BCUT2D eigenvalue weighted by Crippen LogP contribution is -2.52. The second-order valence-corrected chi connectivity index (χ2v) is 5.58. The highest BCUT2D eigenvalue weighted by atomic mass is 16.3. The first-order chi connectivity index (χ1) is 8.50. The van der Waals surface area contributed by atoms with Gasteiger partial charge in [0.05, 0.1) is 5.69 Å². The number of rotatable bonds is 3. The minimum absolute atomic E-state index is 0.187. The normalized spacial score (nSPS) is 22.7. The molecule has 1 aliphatic rings. The second kappa shape index (κ2) is 5.10. The standard InChI is InChI=1S/C13H21N3O2/c1-9-11(18-8-16-9)12(17)15-7-10-13(2,3)5-4-6-14-10/h8,10,14H,4-7H2,1-3H3,(H,15,17). The van der Waals surface area contributed by atoms with Gasteiger partial charge >= 0.3 is 0 Å². The van der Waals surface area contributed by atoms with Gasteiger partial charge in [0.1, 0.15) is 0 Å². The first kappa shape index (κ1) is 13.1. The molecule has 1 saturated heterocycles. The lowest BCUT2D eigenvalue weighted by atomic mass is 9.77. The molecule has 0 saturated carbocycles. The van der Waals surface area contributed by atoms with Crippen LogP contribution in [0.4, 0.5) is 0 Å². The summed E-state index contributed by atoms with van der Waals surface area (Å²) in [7, 11) is 0. The molecule has 1 unspecified atom stereocenters. The van der Waals surface area contributed by atoms with Crippen molar-refractivity contribution in [3.05, 3.63) is 17.8 Å². The molecule has 0 radical (unpaired) electrons. The zero-order valence-corrected chi connectivity index (χ0v) is 11.2. The number of nitrogens with zero attached hydrogens (tertiary/aromatic N) is 1. The smallest absolute Gasteiger partial charge is 0.289 e. The maximum absolute atomic E-state index is 11.9. The molecule has 0 spiro atoms. The fourth-order valence-corrected chi connectivity index (χ4v) is 2.41. The quantitative estimate of drug-likeness (QED) is 0.854. The highest BCUT2D eigenvalue weighted by Crippen LogP contribution is 2.29. The van der Waals surface area contributed by atoms with E-state index in [9.17, 15) is 4.79 Å². The van der Waals surface area contributed by atoms with E-state index in [1.807, 2.05) is 0 Å². The molecule has 1 aromatic heterocycles. The lowest BCUT2D eigenvalue weighted by Gasteiger charge is -2.39. The molecule has 1 amide bonds. The van der Waals surface area contributed by atoms with Crippen molar-refractivity contribution in [2.45, 2.75) is 39.7 Å². The topological polar surface area (TPSA) is 67.2 Å². The van der Waals surface area contributed by atoms with Crippen molar-refractivity contribution in [3.63, 3.8) is 0 Å². The predicted molar refractivity (Wildman–Crippen MR) is 68.4 cm³/mol. The van der Waals surface area contributed by atoms with Crippen molar-refractivity contribution in [1.29, 1.82) is 0 Å². The van der Waals surface area contributed by atoms with Gasteiger partial charge in [0.2, 0.25) is 5.76 Å². The number of oxazole rings is 1. The summed E-state index contributed by atoms with van der Waals surface area (Å²) in [5.74, 6) is 0.122. The van der Waals surface area contributed by atoms with Gasteiger partial charge in [-0.2, -0.15) is 0 Å². The molecule has 0 aromatic carbocycles. The third kappa shape index (κ3) is 2.72. The second-order valence-electron chi connectivity index (χ2n) is 5.58. The first-order valence-corrected chi connectivity index (χ1v) is 6.42. The Labute approximate surface area is 107 Å². The van der Waals surface area contributed by atoms with Crippen LogP contribution < -0.4 is 10.6 Å². The Morgan fingerprint density at radius 3 is 3.06 bits per heavy atom. The average molecular weight is 251 g/mol. The highest BCUT2D eigenvalue weighted by Gasteiger charge is 2.32. The third-order valence-electron chi connectivity index (χ3n) is 3.75. The van der Waals surface area contributed by atoms with Crippen LogP contribution in [-0.2, 0) is 0 Å². The van der Waals surface area contributed by atoms with Gasteiger partial charge in [-0.3, -0.25) is 4.79 Å². The summed E-state index contributed by atoms with van der Waals surface area (Å²) in [6, 6.07) is 0.304. The number of hydrogen-bond donors (Lipinski definition) is 2. The van der Waals surface area contributed by atoms with Crippen LogP contribution in [0, 0.1) is 12.3 Å². The van der Waals surface area contributed by atoms with Crippen LogP contribution >= 0.6 is 0 Å². The Kier molecular flexibility index (Phi) is 3.71. The van der Waals surface area contributed by atoms with Crippen molar-refractivity contribution in [2.24, 2.45) is 5.41 Å². The van der Waals surface area contributed by atoms with Crippen LogP contribution in [0.3, 0.4) is 0 Å². The van der Waals surface area contributed by atoms with Crippen molar-refractivity contribution in [3.8, 4) is 0 Å². The minimum Gasteiger partial charge on any atom is -0.438 e. The number of aryl methyl sites for hydroxylation is 1. The van der Waals surface area contributed by atoms with E-state index in [-0.39, 0.29) is 11.3 Å². The molecule has 1 fully saturated rings. The van der Waals surface area contributed by atoms with E-state index in [2.05, 4.69) is 29.5 Å². The van der Waals surface area contributed by atoms with Crippen LogP contribution in [0.5, 0.6) is 0 Å². The molecule has 0 bridgehead atoms. The summed E-state index contributed by atoms with van der Waals surface area (Å²) in [6.07, 6.45) is 3.67. The van der Waals surface area contributed by atoms with E-state index in [4.69, 9.17) is 4.42 Å². The molecule has 5 nitrogen and oxygen atoms in total. The molecule has 2 rings (SSSR count). The maximum Gasteiger partial charge on any atom is 0.289 e. The molecule has 1 atom stereocenters. The van der Waals surface area contributed by atoms with E-state index in [1.165, 1.54) is 19.2 Å². The van der Waals surface area contributed by atoms with Crippen molar-refractivity contribution < 1.29 is 9.21 Å². The number of carbonyl (C=O) groups excluding carboxylic acids is 1. The van der Waals surface area contributed by atoms with Crippen molar-refractivity contribution >= 4 is 5.91 Å². The van der Waals surface area contributed by atoms with Gasteiger partial charge in [-0.15, -0.1) is 0 Å². The molecule has 0 aliphatic carbocycles. The number of piperidine rings is 1. The van der Waals surface area contributed by atoms with Gasteiger partial charge in [-0.25, -0.2) is 4.98 Å². The van der Waals surface area contributed by atoms with Gasteiger partial charge in [0.15, 0.2) is 6.39 Å². The first-order valence-electron chi connectivity index (χ1n) is 6.42. The van der Waals surface area contributed by atoms with Crippen molar-refractivity contribution in [2.75, 3.05) is 13.1 Å². The maximum atomic E-state index is 11.9. The van der Waals surface area contributed by atoms with E-state index in [0.717, 1.165) is 6.54 Å². The number of carbonyl (C=O) groups is 1. The van der Waals surface area contributed by atoms with Gasteiger partial charge in [0, 0.05) is 12.6 Å². The molecule has 2 heterocycles. The Balaban J connectivity index is 1.91. The minimum atomic E-state index is -0.187. The van der Waals surface area contributed by atoms with Gasteiger partial charge < -0.3 is 15.1 Å². The number of aromatic nitrogens is 1. The van der Waals surface area contributed by atoms with E-state index >= 15 is 0 Å². The SMILES string of the molecule is Cc1ncoc1C(=O)NCC1NCCCC1(C)C. The summed E-state index contributed by atoms with van der Waals surface area (Å²) in [4.78, 5) is 15.8. The number of nitrogens with one attached hydrogen (secondary N) is 2. The molecule has 100 valence electrons. The van der Waals surface area contributed by atoms with Crippen molar-refractivity contribution in [1.82, 2.24) is 15.6 Å². The molecule has 2 N–H and O–H groups in total. The zero-order valence-electron chi connectivity index (χ0n) is 11.2. The highest BCUT2D eigenvalue weighted by molar-refractivity contribution is 5.92. The Morgan fingerprint density at radius 2 is 2.44 bits per heavy atom. The Bertz CT molecular complexity index is 426. The zero-order chi connectivity index (χ0) is 13.2. The molecular weight excluding hydrogens is 230 g/mol. The number of amides is 1. The van der Waals surface area contributed by atoms with Crippen LogP contribution in [-0.4, -0.2) is 30.0 Å². The van der Waals surface area contributed by atoms with Gasteiger partial charge in [0.25, 0.3) is 5.91 Å². The fourth-order valence-electron chi connectivity index (χ4n) is 2.41. The lowest BCUT2D eigenvalue weighted by molar-refractivity contribution is 0.0900. The summed E-state index contributed by atoms with van der Waals surface area (Å²) >= 11 is 0. The van der Waals surface area contributed by atoms with Crippen LogP contribution in [0.1, 0.15) is 42.9 Å². The fraction of sp³-hybridized carbons (Fsp3) is 0.692. The molecular formula is C13H21N3O2. The average Bonchev–Trinajstić information content (AvgIpc) is 2.73. The third-order valence-corrected chi connectivity index (χ3v) is 3.75. The largest absolute Gasteiger partial charge is 0.438 e. The van der Waals surface area contributed by atoms with Crippen LogP contribution in [0.15, 0.2) is 10.8 Å². The summed E-state index contributed by atoms with van der Waals surface area (Å²) in [5.41, 5.74) is 0.838. The number of hydrogen-bond acceptors (Lipinski definition) is 4. The predicted octanol–water partition coefficient (Wildman–Crippen LogP) is 1.49. The van der Waals surface area contributed by atoms with Crippen LogP contribution in [0.25, 0.3) is 0 Å². The van der Waals surface area contributed by atoms with E-state index in [1.54, 1.807) is 6.92 Å². The summed E-state index contributed by atoms with van der Waals surface area (Å²) in [5, 5.41) is 6.38. The van der Waals surface area contributed by atoms with Gasteiger partial charge in [-0.05, 0) is 31.7 Å². The van der Waals surface area contributed by atoms with E-state index in [0.29, 0.717) is 24.0 Å². The summed E-state index contributed by atoms with van der Waals surface area (Å²) < 4.78 is 5.07. The van der Waals surface area contributed by atoms with E-state index < -0.39 is 0 Å². The Hall–Kier alpha value is -1.36.